The van der Waals surface area contributed by atoms with Gasteiger partial charge >= 0.3 is 0 Å². The van der Waals surface area contributed by atoms with E-state index in [2.05, 4.69) is 22.3 Å². The Hall–Kier alpha value is -1.38. The Bertz CT molecular complexity index is 474. The summed E-state index contributed by atoms with van der Waals surface area (Å²) < 4.78 is 5.37. The fraction of sp³-hybridized carbons (Fsp3) is 0.600. The van der Waals surface area contributed by atoms with Crippen LogP contribution in [-0.2, 0) is 0 Å². The summed E-state index contributed by atoms with van der Waals surface area (Å²) in [6.07, 6.45) is 4.29. The van der Waals surface area contributed by atoms with Gasteiger partial charge in [0.05, 0.1) is 18.5 Å². The molecule has 3 aliphatic rings. The highest BCUT2D eigenvalue weighted by atomic mass is 16.5. The van der Waals surface area contributed by atoms with E-state index in [-0.39, 0.29) is 0 Å². The van der Waals surface area contributed by atoms with Crippen molar-refractivity contribution in [3.63, 3.8) is 0 Å². The highest BCUT2D eigenvalue weighted by Crippen LogP contribution is 2.48. The maximum atomic E-state index is 5.37. The molecule has 3 unspecified atom stereocenters. The number of fused-ring (bicyclic) bond motifs is 5. The van der Waals surface area contributed by atoms with Crippen LogP contribution in [0.4, 0.5) is 11.4 Å². The Morgan fingerprint density at radius 2 is 2.28 bits per heavy atom. The minimum Gasteiger partial charge on any atom is -0.497 e. The first kappa shape index (κ1) is 10.5. The molecule has 3 atom stereocenters. The molecular weight excluding hydrogens is 224 g/mol. The van der Waals surface area contributed by atoms with Gasteiger partial charge in [-0.15, -0.1) is 0 Å². The molecule has 1 aliphatic carbocycles. The minimum absolute atomic E-state index is 0.706. The van der Waals surface area contributed by atoms with Gasteiger partial charge in [-0.3, -0.25) is 0 Å². The van der Waals surface area contributed by atoms with Gasteiger partial charge in [0.2, 0.25) is 0 Å². The molecule has 1 saturated heterocycles. The first-order chi connectivity index (χ1) is 8.86. The molecule has 0 spiro atoms. The van der Waals surface area contributed by atoms with Crippen molar-refractivity contribution in [3.8, 4) is 5.75 Å². The van der Waals surface area contributed by atoms with E-state index in [9.17, 15) is 0 Å². The molecule has 0 amide bonds. The van der Waals surface area contributed by atoms with Gasteiger partial charge in [-0.2, -0.15) is 0 Å². The largest absolute Gasteiger partial charge is 0.497 e. The lowest BCUT2D eigenvalue weighted by molar-refractivity contribution is 0.413. The van der Waals surface area contributed by atoms with Crippen LogP contribution in [-0.4, -0.2) is 26.2 Å². The summed E-state index contributed by atoms with van der Waals surface area (Å²) in [5, 5.41) is 3.60. The summed E-state index contributed by atoms with van der Waals surface area (Å²) >= 11 is 0. The van der Waals surface area contributed by atoms with E-state index in [1.807, 2.05) is 6.07 Å². The number of nitrogens with zero attached hydrogens (tertiary/aromatic N) is 1. The van der Waals surface area contributed by atoms with Crippen LogP contribution in [0.25, 0.3) is 0 Å². The van der Waals surface area contributed by atoms with Crippen molar-refractivity contribution in [2.75, 3.05) is 30.4 Å². The average molecular weight is 244 g/mol. The second-order valence-corrected chi connectivity index (χ2v) is 5.84. The minimum atomic E-state index is 0.706. The van der Waals surface area contributed by atoms with Crippen molar-refractivity contribution < 1.29 is 4.74 Å². The van der Waals surface area contributed by atoms with Crippen molar-refractivity contribution in [2.45, 2.75) is 25.3 Å². The molecule has 1 saturated carbocycles. The summed E-state index contributed by atoms with van der Waals surface area (Å²) in [4.78, 5) is 2.63. The van der Waals surface area contributed by atoms with E-state index < -0.39 is 0 Å². The van der Waals surface area contributed by atoms with Gasteiger partial charge in [-0.05, 0) is 36.8 Å². The van der Waals surface area contributed by atoms with Crippen molar-refractivity contribution >= 4 is 11.4 Å². The Labute approximate surface area is 108 Å². The maximum absolute atomic E-state index is 5.37. The monoisotopic (exact) mass is 244 g/mol. The van der Waals surface area contributed by atoms with Crippen LogP contribution in [0.15, 0.2) is 18.2 Å². The number of anilines is 2. The van der Waals surface area contributed by atoms with E-state index in [0.29, 0.717) is 6.04 Å². The third-order valence-corrected chi connectivity index (χ3v) is 5.06. The molecule has 1 aromatic rings. The topological polar surface area (TPSA) is 24.5 Å². The van der Waals surface area contributed by atoms with Crippen LogP contribution in [0.1, 0.15) is 19.3 Å². The number of benzene rings is 1. The lowest BCUT2D eigenvalue weighted by Crippen LogP contribution is -2.42. The molecule has 2 heterocycles. The molecule has 1 N–H and O–H groups in total. The fourth-order valence-corrected chi connectivity index (χ4v) is 4.20. The molecule has 0 radical (unpaired) electrons. The molecule has 3 nitrogen and oxygen atoms in total. The van der Waals surface area contributed by atoms with Gasteiger partial charge < -0.3 is 15.0 Å². The number of rotatable bonds is 1. The average Bonchev–Trinajstić information content (AvgIpc) is 2.98. The molecule has 96 valence electrons. The van der Waals surface area contributed by atoms with E-state index in [4.69, 9.17) is 4.74 Å². The highest BCUT2D eigenvalue weighted by molar-refractivity contribution is 5.75. The van der Waals surface area contributed by atoms with E-state index in [1.54, 1.807) is 7.11 Å². The lowest BCUT2D eigenvalue weighted by Gasteiger charge is -2.36. The zero-order valence-corrected chi connectivity index (χ0v) is 10.9. The molecule has 4 rings (SSSR count). The molecule has 2 aliphatic heterocycles. The van der Waals surface area contributed by atoms with Gasteiger partial charge in [-0.25, -0.2) is 0 Å². The maximum Gasteiger partial charge on any atom is 0.121 e. The Kier molecular flexibility index (Phi) is 2.23. The standard InChI is InChI=1S/C15H20N2O/c1-18-11-5-6-13-14(7-11)17-9-10-3-2-4-12(10)15(17)8-16-13/h5-7,10,12,15-16H,2-4,8-9H2,1H3. The summed E-state index contributed by atoms with van der Waals surface area (Å²) in [7, 11) is 1.74. The third kappa shape index (κ3) is 1.36. The third-order valence-electron chi connectivity index (χ3n) is 5.06. The second-order valence-electron chi connectivity index (χ2n) is 5.84. The van der Waals surface area contributed by atoms with Gasteiger partial charge in [-0.1, -0.05) is 6.42 Å². The summed E-state index contributed by atoms with van der Waals surface area (Å²) in [5.41, 5.74) is 2.62. The second kappa shape index (κ2) is 3.81. The van der Waals surface area contributed by atoms with Gasteiger partial charge in [0, 0.05) is 25.2 Å². The number of hydrogen-bond donors (Lipinski definition) is 1. The van der Waals surface area contributed by atoms with Crippen LogP contribution in [0.5, 0.6) is 5.75 Å². The normalized spacial score (nSPS) is 32.5. The number of nitrogens with one attached hydrogen (secondary N) is 1. The van der Waals surface area contributed by atoms with E-state index in [1.165, 1.54) is 37.2 Å². The molecule has 1 aromatic carbocycles. The van der Waals surface area contributed by atoms with Crippen molar-refractivity contribution in [1.29, 1.82) is 0 Å². The molecule has 3 heteroatoms. The smallest absolute Gasteiger partial charge is 0.121 e. The first-order valence-electron chi connectivity index (χ1n) is 7.05. The fourth-order valence-electron chi connectivity index (χ4n) is 4.20. The Balaban J connectivity index is 1.73. The zero-order valence-electron chi connectivity index (χ0n) is 10.9. The quantitative estimate of drug-likeness (QED) is 0.822. The predicted molar refractivity (Wildman–Crippen MR) is 73.4 cm³/mol. The van der Waals surface area contributed by atoms with Gasteiger partial charge in [0.15, 0.2) is 0 Å². The van der Waals surface area contributed by atoms with Crippen LogP contribution < -0.4 is 15.0 Å². The van der Waals surface area contributed by atoms with Gasteiger partial charge in [0.1, 0.15) is 5.75 Å². The Morgan fingerprint density at radius 1 is 1.33 bits per heavy atom. The SMILES string of the molecule is COc1ccc2c(c1)N1CC3CCCC3C1CN2. The van der Waals surface area contributed by atoms with Crippen LogP contribution >= 0.6 is 0 Å². The summed E-state index contributed by atoms with van der Waals surface area (Å²) in [6.45, 7) is 2.36. The van der Waals surface area contributed by atoms with E-state index in [0.717, 1.165) is 24.1 Å². The van der Waals surface area contributed by atoms with Crippen molar-refractivity contribution in [3.05, 3.63) is 18.2 Å². The van der Waals surface area contributed by atoms with Crippen molar-refractivity contribution in [2.24, 2.45) is 11.8 Å². The predicted octanol–water partition coefficient (Wildman–Crippen LogP) is 2.73. The number of methoxy groups -OCH3 is 1. The number of ether oxygens (including phenoxy) is 1. The molecule has 0 aromatic heterocycles. The van der Waals surface area contributed by atoms with Crippen LogP contribution in [0.2, 0.25) is 0 Å². The van der Waals surface area contributed by atoms with Crippen LogP contribution in [0, 0.1) is 11.8 Å². The molecule has 18 heavy (non-hydrogen) atoms. The molecule has 0 bridgehead atoms. The lowest BCUT2D eigenvalue weighted by atomic mass is 9.93. The highest BCUT2D eigenvalue weighted by Gasteiger charge is 2.45. The molecular formula is C15H20N2O. The molecule has 2 fully saturated rings. The van der Waals surface area contributed by atoms with Crippen molar-refractivity contribution in [1.82, 2.24) is 0 Å². The van der Waals surface area contributed by atoms with Gasteiger partial charge in [0.25, 0.3) is 0 Å². The van der Waals surface area contributed by atoms with Crippen LogP contribution in [0.3, 0.4) is 0 Å². The van der Waals surface area contributed by atoms with E-state index >= 15 is 0 Å². The summed E-state index contributed by atoms with van der Waals surface area (Å²) in [6, 6.07) is 7.09. The number of hydrogen-bond acceptors (Lipinski definition) is 3. The summed E-state index contributed by atoms with van der Waals surface area (Å²) in [5.74, 6) is 2.80. The first-order valence-corrected chi connectivity index (χ1v) is 7.05. The Morgan fingerprint density at radius 3 is 3.17 bits per heavy atom. The zero-order chi connectivity index (χ0) is 12.1.